The summed E-state index contributed by atoms with van der Waals surface area (Å²) >= 11 is 0. The van der Waals surface area contributed by atoms with Crippen molar-refractivity contribution in [1.82, 2.24) is 0 Å². The first-order valence-electron chi connectivity index (χ1n) is 3.35. The highest BCUT2D eigenvalue weighted by molar-refractivity contribution is 4.88. The Labute approximate surface area is 63.8 Å². The number of aliphatic hydroxyl groups is 4. The number of rotatable bonds is 0. The van der Waals surface area contributed by atoms with Crippen molar-refractivity contribution in [3.05, 3.63) is 0 Å². The van der Waals surface area contributed by atoms with Crippen molar-refractivity contribution in [2.24, 2.45) is 0 Å². The maximum Gasteiger partial charge on any atom is 0.191 e. The smallest absolute Gasteiger partial charge is 0.191 e. The van der Waals surface area contributed by atoms with Crippen molar-refractivity contribution in [3.63, 3.8) is 0 Å². The molecule has 1 aliphatic heterocycles. The molecule has 1 fully saturated rings. The molecule has 1 rings (SSSR count). The van der Waals surface area contributed by atoms with Gasteiger partial charge in [-0.15, -0.1) is 0 Å². The number of ether oxygens (including phenoxy) is 1. The highest BCUT2D eigenvalue weighted by Crippen LogP contribution is 2.22. The van der Waals surface area contributed by atoms with Crippen molar-refractivity contribution in [1.29, 1.82) is 0 Å². The summed E-state index contributed by atoms with van der Waals surface area (Å²) in [5.41, 5.74) is 0. The molecule has 5 heteroatoms. The zero-order valence-electron chi connectivity index (χ0n) is 6.14. The summed E-state index contributed by atoms with van der Waals surface area (Å²) in [7, 11) is 0. The third kappa shape index (κ3) is 1.52. The molecule has 2 unspecified atom stereocenters. The summed E-state index contributed by atoms with van der Waals surface area (Å²) in [6, 6.07) is 0. The second kappa shape index (κ2) is 2.69. The van der Waals surface area contributed by atoms with Crippen LogP contribution in [0.15, 0.2) is 0 Å². The van der Waals surface area contributed by atoms with E-state index in [0.29, 0.717) is 0 Å². The minimum absolute atomic E-state index is 0.175. The average Bonchev–Trinajstić information content (AvgIpc) is 1.95. The Balaban J connectivity index is 2.67. The van der Waals surface area contributed by atoms with E-state index in [1.165, 1.54) is 6.92 Å². The SMILES string of the molecule is CC1(O)OC[C@H](O)[C@H](O)C1O. The quantitative estimate of drug-likeness (QED) is 0.326. The number of hydrogen-bond donors (Lipinski definition) is 4. The fourth-order valence-electron chi connectivity index (χ4n) is 0.965. The topological polar surface area (TPSA) is 90.2 Å². The van der Waals surface area contributed by atoms with Crippen LogP contribution in [0, 0.1) is 0 Å². The van der Waals surface area contributed by atoms with Gasteiger partial charge < -0.3 is 25.2 Å². The van der Waals surface area contributed by atoms with E-state index in [2.05, 4.69) is 4.74 Å². The van der Waals surface area contributed by atoms with Crippen LogP contribution < -0.4 is 0 Å². The molecule has 5 nitrogen and oxygen atoms in total. The van der Waals surface area contributed by atoms with Crippen molar-refractivity contribution >= 4 is 0 Å². The zero-order chi connectivity index (χ0) is 8.65. The number of aliphatic hydroxyl groups excluding tert-OH is 3. The van der Waals surface area contributed by atoms with Gasteiger partial charge in [-0.05, 0) is 6.92 Å². The van der Waals surface area contributed by atoms with Gasteiger partial charge in [0.15, 0.2) is 5.79 Å². The Morgan fingerprint density at radius 3 is 2.36 bits per heavy atom. The molecule has 0 radical (unpaired) electrons. The molecule has 1 aliphatic rings. The van der Waals surface area contributed by atoms with E-state index in [1.807, 2.05) is 0 Å². The molecule has 0 aliphatic carbocycles. The van der Waals surface area contributed by atoms with Crippen LogP contribution in [-0.4, -0.2) is 51.1 Å². The van der Waals surface area contributed by atoms with Crippen LogP contribution in [-0.2, 0) is 4.74 Å². The maximum atomic E-state index is 9.19. The minimum Gasteiger partial charge on any atom is -0.388 e. The summed E-state index contributed by atoms with van der Waals surface area (Å²) in [6.45, 7) is 1.05. The summed E-state index contributed by atoms with van der Waals surface area (Å²) in [6.07, 6.45) is -3.95. The van der Waals surface area contributed by atoms with E-state index in [9.17, 15) is 5.11 Å². The highest BCUT2D eigenvalue weighted by atomic mass is 16.6. The second-order valence-corrected chi connectivity index (χ2v) is 2.87. The fourth-order valence-corrected chi connectivity index (χ4v) is 0.965. The average molecular weight is 164 g/mol. The molecule has 66 valence electrons. The molecule has 0 aromatic carbocycles. The monoisotopic (exact) mass is 164 g/mol. The van der Waals surface area contributed by atoms with Crippen molar-refractivity contribution in [2.45, 2.75) is 31.0 Å². The molecule has 0 saturated carbocycles. The van der Waals surface area contributed by atoms with Gasteiger partial charge in [0.25, 0.3) is 0 Å². The van der Waals surface area contributed by atoms with Crippen LogP contribution in [0.3, 0.4) is 0 Å². The lowest BCUT2D eigenvalue weighted by Gasteiger charge is -2.39. The molecule has 0 spiro atoms. The lowest BCUT2D eigenvalue weighted by Crippen LogP contribution is -2.59. The number of hydrogen-bond acceptors (Lipinski definition) is 5. The highest BCUT2D eigenvalue weighted by Gasteiger charge is 2.44. The van der Waals surface area contributed by atoms with Gasteiger partial charge in [-0.1, -0.05) is 0 Å². The molecule has 11 heavy (non-hydrogen) atoms. The van der Waals surface area contributed by atoms with E-state index in [0.717, 1.165) is 0 Å². The molecular weight excluding hydrogens is 152 g/mol. The Bertz CT molecular complexity index is 146. The van der Waals surface area contributed by atoms with Gasteiger partial charge in [-0.3, -0.25) is 0 Å². The standard InChI is InChI=1S/C6H12O5/c1-6(10)5(9)4(8)3(7)2-11-6/h3-5,7-10H,2H2,1H3/t3-,4-,5?,6?/m0/s1. The first-order valence-corrected chi connectivity index (χ1v) is 3.35. The van der Waals surface area contributed by atoms with Crippen molar-refractivity contribution in [3.8, 4) is 0 Å². The maximum absolute atomic E-state index is 9.19. The summed E-state index contributed by atoms with van der Waals surface area (Å²) < 4.78 is 4.66. The fraction of sp³-hybridized carbons (Fsp3) is 1.00. The normalized spacial score (nSPS) is 52.6. The van der Waals surface area contributed by atoms with Crippen LogP contribution in [0.25, 0.3) is 0 Å². The molecule has 4 atom stereocenters. The van der Waals surface area contributed by atoms with Gasteiger partial charge in [-0.25, -0.2) is 0 Å². The summed E-state index contributed by atoms with van der Waals surface area (Å²) in [5, 5.41) is 36.3. The van der Waals surface area contributed by atoms with Crippen LogP contribution in [0.5, 0.6) is 0 Å². The van der Waals surface area contributed by atoms with Gasteiger partial charge in [0, 0.05) is 0 Å². The second-order valence-electron chi connectivity index (χ2n) is 2.87. The molecule has 0 amide bonds. The molecule has 0 aromatic heterocycles. The van der Waals surface area contributed by atoms with E-state index in [4.69, 9.17) is 15.3 Å². The molecular formula is C6H12O5. The first kappa shape index (κ1) is 8.89. The predicted octanol–water partition coefficient (Wildman–Crippen LogP) is -2.19. The Hall–Kier alpha value is -0.200. The van der Waals surface area contributed by atoms with Crippen LogP contribution in [0.2, 0.25) is 0 Å². The van der Waals surface area contributed by atoms with Crippen molar-refractivity contribution in [2.75, 3.05) is 6.61 Å². The van der Waals surface area contributed by atoms with Gasteiger partial charge in [-0.2, -0.15) is 0 Å². The van der Waals surface area contributed by atoms with Crippen LogP contribution >= 0.6 is 0 Å². The lowest BCUT2D eigenvalue weighted by molar-refractivity contribution is -0.312. The van der Waals surface area contributed by atoms with Gasteiger partial charge in [0.2, 0.25) is 0 Å². The molecule has 0 aromatic rings. The Morgan fingerprint density at radius 2 is 1.91 bits per heavy atom. The largest absolute Gasteiger partial charge is 0.388 e. The third-order valence-corrected chi connectivity index (χ3v) is 1.81. The van der Waals surface area contributed by atoms with Crippen LogP contribution in [0.1, 0.15) is 6.92 Å². The summed E-state index contributed by atoms with van der Waals surface area (Å²) in [4.78, 5) is 0. The zero-order valence-corrected chi connectivity index (χ0v) is 6.14. The van der Waals surface area contributed by atoms with E-state index in [1.54, 1.807) is 0 Å². The van der Waals surface area contributed by atoms with Gasteiger partial charge in [0.1, 0.15) is 18.3 Å². The Kier molecular flexibility index (Phi) is 2.17. The first-order chi connectivity index (χ1) is 4.95. The summed E-state index contributed by atoms with van der Waals surface area (Å²) in [5.74, 6) is -1.77. The molecule has 4 N–H and O–H groups in total. The van der Waals surface area contributed by atoms with Crippen molar-refractivity contribution < 1.29 is 25.2 Å². The third-order valence-electron chi connectivity index (χ3n) is 1.81. The Morgan fingerprint density at radius 1 is 1.36 bits per heavy atom. The molecule has 1 saturated heterocycles. The van der Waals surface area contributed by atoms with E-state index < -0.39 is 24.1 Å². The lowest BCUT2D eigenvalue weighted by atomic mass is 9.98. The minimum atomic E-state index is -1.77. The van der Waals surface area contributed by atoms with E-state index >= 15 is 0 Å². The molecule has 1 heterocycles. The van der Waals surface area contributed by atoms with Crippen LogP contribution in [0.4, 0.5) is 0 Å². The van der Waals surface area contributed by atoms with E-state index in [-0.39, 0.29) is 6.61 Å². The van der Waals surface area contributed by atoms with Gasteiger partial charge >= 0.3 is 0 Å². The van der Waals surface area contributed by atoms with Gasteiger partial charge in [0.05, 0.1) is 6.61 Å². The molecule has 0 bridgehead atoms. The predicted molar refractivity (Wildman–Crippen MR) is 34.6 cm³/mol.